The molecular weight excluding hydrogens is 332 g/mol. The van der Waals surface area contributed by atoms with Gasteiger partial charge in [-0.1, -0.05) is 0 Å². The number of nitrogens with zero attached hydrogens (tertiary/aromatic N) is 3. The van der Waals surface area contributed by atoms with Gasteiger partial charge < -0.3 is 15.3 Å². The van der Waals surface area contributed by atoms with Crippen LogP contribution >= 0.6 is 0 Å². The lowest BCUT2D eigenvalue weighted by Crippen LogP contribution is -2.43. The Morgan fingerprint density at radius 2 is 2.12 bits per heavy atom. The minimum absolute atomic E-state index is 0.0495. The van der Waals surface area contributed by atoms with Crippen molar-refractivity contribution < 1.29 is 14.7 Å². The molecule has 0 fully saturated rings. The van der Waals surface area contributed by atoms with E-state index in [9.17, 15) is 14.7 Å². The lowest BCUT2D eigenvalue weighted by atomic mass is 9.90. The van der Waals surface area contributed by atoms with E-state index in [1.807, 2.05) is 13.0 Å². The zero-order valence-corrected chi connectivity index (χ0v) is 14.4. The molecule has 132 valence electrons. The quantitative estimate of drug-likeness (QED) is 0.881. The van der Waals surface area contributed by atoms with Gasteiger partial charge in [0.25, 0.3) is 0 Å². The van der Waals surface area contributed by atoms with Crippen LogP contribution in [-0.2, 0) is 4.79 Å². The molecule has 1 amide bonds. The fourth-order valence-electron chi connectivity index (χ4n) is 3.34. The van der Waals surface area contributed by atoms with Gasteiger partial charge in [-0.2, -0.15) is 5.26 Å². The Morgan fingerprint density at radius 1 is 1.35 bits per heavy atom. The molecule has 1 aliphatic heterocycles. The van der Waals surface area contributed by atoms with E-state index < -0.39 is 5.97 Å². The Kier molecular flexibility index (Phi) is 4.59. The zero-order valence-electron chi connectivity index (χ0n) is 14.4. The number of fused-ring (bicyclic) bond motifs is 1. The number of carboxylic acids is 1. The maximum absolute atomic E-state index is 12.1. The molecule has 2 N–H and O–H groups in total. The number of carbonyl (C=O) groups is 2. The summed E-state index contributed by atoms with van der Waals surface area (Å²) in [6, 6.07) is 9.93. The highest BCUT2D eigenvalue weighted by molar-refractivity contribution is 5.95. The standard InChI is InChI=1S/C19H18N4O3/c1-11-7-16(22-18-6-3-13(9-20)10-21-18)15-8-14(19(25)26)4-5-17(15)23(11)12(2)24/h3-6,8,10-11,16H,7H2,1-2H3,(H,21,22)(H,25,26)/t11-,16+/m0/s1. The van der Waals surface area contributed by atoms with E-state index >= 15 is 0 Å². The Hall–Kier alpha value is -3.40. The van der Waals surface area contributed by atoms with Gasteiger partial charge in [0, 0.05) is 24.8 Å². The molecule has 2 atom stereocenters. The summed E-state index contributed by atoms with van der Waals surface area (Å²) >= 11 is 0. The van der Waals surface area contributed by atoms with Crippen LogP contribution in [0.4, 0.5) is 11.5 Å². The number of pyridine rings is 1. The number of hydrogen-bond donors (Lipinski definition) is 2. The SMILES string of the molecule is CC(=O)N1c2ccc(C(=O)O)cc2[C@H](Nc2ccc(C#N)cn2)C[C@@H]1C. The van der Waals surface area contributed by atoms with Crippen LogP contribution in [0.15, 0.2) is 36.5 Å². The molecule has 3 rings (SSSR count). The van der Waals surface area contributed by atoms with Crippen LogP contribution in [-0.4, -0.2) is 28.0 Å². The van der Waals surface area contributed by atoms with Crippen molar-refractivity contribution >= 4 is 23.4 Å². The molecule has 1 aliphatic rings. The Labute approximate surface area is 150 Å². The second-order valence-corrected chi connectivity index (χ2v) is 6.29. The van der Waals surface area contributed by atoms with E-state index in [0.29, 0.717) is 23.5 Å². The van der Waals surface area contributed by atoms with Gasteiger partial charge in [0.1, 0.15) is 11.9 Å². The third-order valence-corrected chi connectivity index (χ3v) is 4.48. The van der Waals surface area contributed by atoms with E-state index in [2.05, 4.69) is 10.3 Å². The first-order valence-electron chi connectivity index (χ1n) is 8.20. The molecule has 0 spiro atoms. The largest absolute Gasteiger partial charge is 0.478 e. The summed E-state index contributed by atoms with van der Waals surface area (Å²) in [4.78, 5) is 29.3. The summed E-state index contributed by atoms with van der Waals surface area (Å²) in [6.07, 6.45) is 2.09. The second-order valence-electron chi connectivity index (χ2n) is 6.29. The van der Waals surface area contributed by atoms with Gasteiger partial charge in [-0.3, -0.25) is 4.79 Å². The minimum Gasteiger partial charge on any atom is -0.478 e. The minimum atomic E-state index is -1.02. The number of aromatic nitrogens is 1. The van der Waals surface area contributed by atoms with Gasteiger partial charge in [-0.25, -0.2) is 9.78 Å². The summed E-state index contributed by atoms with van der Waals surface area (Å²) in [7, 11) is 0. The average Bonchev–Trinajstić information content (AvgIpc) is 2.61. The van der Waals surface area contributed by atoms with Crippen LogP contribution in [0.3, 0.4) is 0 Å². The van der Waals surface area contributed by atoms with Crippen molar-refractivity contribution in [2.45, 2.75) is 32.4 Å². The van der Waals surface area contributed by atoms with Crippen molar-refractivity contribution in [1.82, 2.24) is 4.98 Å². The lowest BCUT2D eigenvalue weighted by Gasteiger charge is -2.39. The fourth-order valence-corrected chi connectivity index (χ4v) is 3.34. The highest BCUT2D eigenvalue weighted by Gasteiger charge is 2.33. The Morgan fingerprint density at radius 3 is 2.69 bits per heavy atom. The van der Waals surface area contributed by atoms with Crippen molar-refractivity contribution in [1.29, 1.82) is 5.26 Å². The summed E-state index contributed by atoms with van der Waals surface area (Å²) in [6.45, 7) is 3.46. The monoisotopic (exact) mass is 350 g/mol. The molecule has 0 aliphatic carbocycles. The molecule has 2 heterocycles. The number of benzene rings is 1. The molecule has 7 nitrogen and oxygen atoms in total. The predicted molar refractivity (Wildman–Crippen MR) is 96.0 cm³/mol. The maximum Gasteiger partial charge on any atom is 0.335 e. The molecule has 0 unspecified atom stereocenters. The molecule has 1 aromatic carbocycles. The predicted octanol–water partition coefficient (Wildman–Crippen LogP) is 2.95. The van der Waals surface area contributed by atoms with E-state index in [-0.39, 0.29) is 23.6 Å². The molecule has 7 heteroatoms. The number of amides is 1. The summed E-state index contributed by atoms with van der Waals surface area (Å²) in [5.74, 6) is -0.517. The molecule has 0 saturated carbocycles. The van der Waals surface area contributed by atoms with Gasteiger partial charge in [0.05, 0.1) is 17.2 Å². The molecule has 0 bridgehead atoms. The van der Waals surface area contributed by atoms with Crippen molar-refractivity contribution in [2.24, 2.45) is 0 Å². The molecule has 2 aromatic rings. The highest BCUT2D eigenvalue weighted by atomic mass is 16.4. The van der Waals surface area contributed by atoms with Crippen molar-refractivity contribution in [3.63, 3.8) is 0 Å². The lowest BCUT2D eigenvalue weighted by molar-refractivity contribution is -0.117. The number of rotatable bonds is 3. The number of hydrogen-bond acceptors (Lipinski definition) is 5. The van der Waals surface area contributed by atoms with E-state index in [4.69, 9.17) is 5.26 Å². The van der Waals surface area contributed by atoms with Crippen molar-refractivity contribution in [3.8, 4) is 6.07 Å². The summed E-state index contributed by atoms with van der Waals surface area (Å²) in [5.41, 5.74) is 2.07. The number of aromatic carboxylic acids is 1. The topological polar surface area (TPSA) is 106 Å². The van der Waals surface area contributed by atoms with Gasteiger partial charge in [0.2, 0.25) is 5.91 Å². The summed E-state index contributed by atoms with van der Waals surface area (Å²) in [5, 5.41) is 21.5. The van der Waals surface area contributed by atoms with E-state index in [1.54, 1.807) is 29.2 Å². The number of anilines is 2. The van der Waals surface area contributed by atoms with Crippen molar-refractivity contribution in [3.05, 3.63) is 53.2 Å². The smallest absolute Gasteiger partial charge is 0.335 e. The van der Waals surface area contributed by atoms with E-state index in [1.165, 1.54) is 19.2 Å². The molecular formula is C19H18N4O3. The maximum atomic E-state index is 12.1. The van der Waals surface area contributed by atoms with Crippen LogP contribution in [0.25, 0.3) is 0 Å². The fraction of sp³-hybridized carbons (Fsp3) is 0.263. The number of carboxylic acid groups (broad SMARTS) is 1. The number of nitrogens with one attached hydrogen (secondary N) is 1. The van der Waals surface area contributed by atoms with E-state index in [0.717, 1.165) is 5.56 Å². The highest BCUT2D eigenvalue weighted by Crippen LogP contribution is 2.39. The van der Waals surface area contributed by atoms with Crippen molar-refractivity contribution in [2.75, 3.05) is 10.2 Å². The molecule has 1 aromatic heterocycles. The van der Waals surface area contributed by atoms with Gasteiger partial charge in [-0.15, -0.1) is 0 Å². The van der Waals surface area contributed by atoms with Crippen LogP contribution < -0.4 is 10.2 Å². The van der Waals surface area contributed by atoms with Gasteiger partial charge >= 0.3 is 5.97 Å². The van der Waals surface area contributed by atoms with Crippen LogP contribution in [0.1, 0.15) is 47.8 Å². The Bertz CT molecular complexity index is 902. The molecule has 26 heavy (non-hydrogen) atoms. The first-order chi connectivity index (χ1) is 12.4. The third-order valence-electron chi connectivity index (χ3n) is 4.48. The van der Waals surface area contributed by atoms with Gasteiger partial charge in [-0.05, 0) is 49.2 Å². The first-order valence-corrected chi connectivity index (χ1v) is 8.20. The number of nitriles is 1. The van der Waals surface area contributed by atoms with Crippen LogP contribution in [0.2, 0.25) is 0 Å². The average molecular weight is 350 g/mol. The second kappa shape index (κ2) is 6.84. The van der Waals surface area contributed by atoms with Crippen LogP contribution in [0, 0.1) is 11.3 Å². The summed E-state index contributed by atoms with van der Waals surface area (Å²) < 4.78 is 0. The number of carbonyl (C=O) groups excluding carboxylic acids is 1. The Balaban J connectivity index is 2.01. The van der Waals surface area contributed by atoms with Crippen LogP contribution in [0.5, 0.6) is 0 Å². The molecule has 0 saturated heterocycles. The normalized spacial score (nSPS) is 18.6. The molecule has 0 radical (unpaired) electrons. The zero-order chi connectivity index (χ0) is 18.8. The third kappa shape index (κ3) is 3.22. The first kappa shape index (κ1) is 17.4. The van der Waals surface area contributed by atoms with Gasteiger partial charge in [0.15, 0.2) is 0 Å².